The van der Waals surface area contributed by atoms with Crippen LogP contribution in [0.5, 0.6) is 0 Å². The second-order valence-electron chi connectivity index (χ2n) is 6.30. The smallest absolute Gasteiger partial charge is 0.239 e. The summed E-state index contributed by atoms with van der Waals surface area (Å²) in [5.41, 5.74) is -0.438. The minimum atomic E-state index is -0.438. The Hall–Kier alpha value is -0.570. The number of rotatable bonds is 5. The number of hydrogen-bond acceptors (Lipinski definition) is 2. The number of hydrogen-bond donors (Lipinski definition) is 2. The fourth-order valence-electron chi connectivity index (χ4n) is 3.59. The Bertz CT molecular complexity index is 288. The summed E-state index contributed by atoms with van der Waals surface area (Å²) < 4.78 is 0. The number of carbonyl (C=O) groups excluding carboxylic acids is 1. The van der Waals surface area contributed by atoms with Gasteiger partial charge in [-0.2, -0.15) is 0 Å². The maximum absolute atomic E-state index is 12.0. The van der Waals surface area contributed by atoms with Crippen LogP contribution < -0.4 is 10.6 Å². The summed E-state index contributed by atoms with van der Waals surface area (Å²) in [4.78, 5) is 12.0. The zero-order valence-corrected chi connectivity index (χ0v) is 11.4. The molecule has 2 bridgehead atoms. The van der Waals surface area contributed by atoms with Gasteiger partial charge in [0, 0.05) is 6.54 Å². The molecule has 0 spiro atoms. The molecule has 3 atom stereocenters. The predicted octanol–water partition coefficient (Wildman–Crippen LogP) is 1.93. The lowest BCUT2D eigenvalue weighted by molar-refractivity contribution is -0.126. The van der Waals surface area contributed by atoms with Crippen molar-refractivity contribution >= 4 is 5.91 Å². The van der Waals surface area contributed by atoms with E-state index in [1.165, 1.54) is 25.7 Å². The average Bonchev–Trinajstić information content (AvgIpc) is 2.87. The highest BCUT2D eigenvalue weighted by Gasteiger charge is 2.39. The number of likely N-dealkylation sites (N-methyl/N-ethyl adjacent to an activating group) is 1. The van der Waals surface area contributed by atoms with Gasteiger partial charge >= 0.3 is 0 Å². The minimum absolute atomic E-state index is 0.141. The summed E-state index contributed by atoms with van der Waals surface area (Å²) in [5, 5.41) is 6.35. The molecule has 0 heterocycles. The maximum atomic E-state index is 12.0. The number of amides is 1. The Morgan fingerprint density at radius 3 is 2.59 bits per heavy atom. The van der Waals surface area contributed by atoms with Gasteiger partial charge in [0.15, 0.2) is 0 Å². The van der Waals surface area contributed by atoms with E-state index in [4.69, 9.17) is 0 Å². The lowest BCUT2D eigenvalue weighted by Crippen LogP contribution is -2.53. The molecule has 0 aromatic carbocycles. The van der Waals surface area contributed by atoms with Crippen LogP contribution in [0.25, 0.3) is 0 Å². The van der Waals surface area contributed by atoms with E-state index in [2.05, 4.69) is 10.6 Å². The molecule has 3 nitrogen and oxygen atoms in total. The largest absolute Gasteiger partial charge is 0.354 e. The van der Waals surface area contributed by atoms with Crippen molar-refractivity contribution in [2.75, 3.05) is 13.1 Å². The molecule has 0 saturated heterocycles. The second-order valence-corrected chi connectivity index (χ2v) is 6.30. The van der Waals surface area contributed by atoms with Crippen LogP contribution in [-0.4, -0.2) is 24.5 Å². The fraction of sp³-hybridized carbons (Fsp3) is 0.929. The van der Waals surface area contributed by atoms with Crippen LogP contribution in [0.3, 0.4) is 0 Å². The lowest BCUT2D eigenvalue weighted by atomic mass is 9.88. The molecule has 2 aliphatic rings. The Morgan fingerprint density at radius 1 is 1.29 bits per heavy atom. The summed E-state index contributed by atoms with van der Waals surface area (Å²) >= 11 is 0. The first kappa shape index (κ1) is 12.9. The Morgan fingerprint density at radius 2 is 2.06 bits per heavy atom. The van der Waals surface area contributed by atoms with Crippen molar-refractivity contribution in [3.05, 3.63) is 0 Å². The van der Waals surface area contributed by atoms with Crippen molar-refractivity contribution in [2.45, 2.75) is 52.0 Å². The molecule has 2 fully saturated rings. The molecule has 3 heteroatoms. The van der Waals surface area contributed by atoms with Crippen molar-refractivity contribution in [2.24, 2.45) is 17.8 Å². The third-order valence-corrected chi connectivity index (χ3v) is 4.60. The molecule has 0 aromatic heterocycles. The standard InChI is InChI=1S/C14H26N2O/c1-4-16-14(2,3)13(17)15-9-12-8-10-5-6-11(12)7-10/h10-12,16H,4-9H2,1-3H3,(H,15,17). The topological polar surface area (TPSA) is 41.1 Å². The van der Waals surface area contributed by atoms with E-state index < -0.39 is 5.54 Å². The van der Waals surface area contributed by atoms with Crippen LogP contribution in [-0.2, 0) is 4.79 Å². The zero-order valence-electron chi connectivity index (χ0n) is 11.4. The van der Waals surface area contributed by atoms with Crippen LogP contribution in [0.15, 0.2) is 0 Å². The van der Waals surface area contributed by atoms with Gasteiger partial charge in [-0.05, 0) is 57.4 Å². The van der Waals surface area contributed by atoms with Gasteiger partial charge in [0.25, 0.3) is 0 Å². The molecular weight excluding hydrogens is 212 g/mol. The summed E-state index contributed by atoms with van der Waals surface area (Å²) in [6.07, 6.45) is 5.57. The van der Waals surface area contributed by atoms with E-state index in [1.54, 1.807) is 0 Å². The third kappa shape index (κ3) is 2.82. The van der Waals surface area contributed by atoms with Crippen molar-refractivity contribution in [1.82, 2.24) is 10.6 Å². The van der Waals surface area contributed by atoms with Crippen molar-refractivity contribution in [3.8, 4) is 0 Å². The SMILES string of the molecule is CCNC(C)(C)C(=O)NCC1CC2CCC1C2. The molecular formula is C14H26N2O. The van der Waals surface area contributed by atoms with Gasteiger partial charge in [0.2, 0.25) is 5.91 Å². The van der Waals surface area contributed by atoms with Crippen molar-refractivity contribution in [3.63, 3.8) is 0 Å². The molecule has 2 N–H and O–H groups in total. The predicted molar refractivity (Wildman–Crippen MR) is 69.7 cm³/mol. The molecule has 2 rings (SSSR count). The molecule has 2 aliphatic carbocycles. The summed E-state index contributed by atoms with van der Waals surface area (Å²) in [5.74, 6) is 2.74. The van der Waals surface area contributed by atoms with Crippen LogP contribution in [0.2, 0.25) is 0 Å². The van der Waals surface area contributed by atoms with Crippen molar-refractivity contribution < 1.29 is 4.79 Å². The molecule has 98 valence electrons. The van der Waals surface area contributed by atoms with Gasteiger partial charge in [0.1, 0.15) is 0 Å². The number of carbonyl (C=O) groups is 1. The van der Waals surface area contributed by atoms with Gasteiger partial charge in [-0.3, -0.25) is 4.79 Å². The quantitative estimate of drug-likeness (QED) is 0.768. The summed E-state index contributed by atoms with van der Waals surface area (Å²) in [6, 6.07) is 0. The van der Waals surface area contributed by atoms with E-state index in [0.29, 0.717) is 0 Å². The third-order valence-electron chi connectivity index (χ3n) is 4.60. The van der Waals surface area contributed by atoms with Crippen LogP contribution >= 0.6 is 0 Å². The number of nitrogens with one attached hydrogen (secondary N) is 2. The van der Waals surface area contributed by atoms with Gasteiger partial charge in [-0.15, -0.1) is 0 Å². The summed E-state index contributed by atoms with van der Waals surface area (Å²) in [7, 11) is 0. The highest BCUT2D eigenvalue weighted by molar-refractivity contribution is 5.85. The Balaban J connectivity index is 1.76. The van der Waals surface area contributed by atoms with E-state index in [0.717, 1.165) is 30.8 Å². The highest BCUT2D eigenvalue weighted by atomic mass is 16.2. The Labute approximate surface area is 105 Å². The first-order valence-corrected chi connectivity index (χ1v) is 7.06. The van der Waals surface area contributed by atoms with Crippen LogP contribution in [0.4, 0.5) is 0 Å². The zero-order chi connectivity index (χ0) is 12.5. The van der Waals surface area contributed by atoms with E-state index >= 15 is 0 Å². The van der Waals surface area contributed by atoms with Gasteiger partial charge in [-0.1, -0.05) is 13.3 Å². The molecule has 0 aromatic rings. The number of fused-ring (bicyclic) bond motifs is 2. The summed E-state index contributed by atoms with van der Waals surface area (Å²) in [6.45, 7) is 7.65. The monoisotopic (exact) mass is 238 g/mol. The first-order valence-electron chi connectivity index (χ1n) is 7.06. The average molecular weight is 238 g/mol. The van der Waals surface area contributed by atoms with E-state index in [9.17, 15) is 4.79 Å². The normalized spacial score (nSPS) is 31.8. The fourth-order valence-corrected chi connectivity index (χ4v) is 3.59. The van der Waals surface area contributed by atoms with Crippen LogP contribution in [0.1, 0.15) is 46.5 Å². The van der Waals surface area contributed by atoms with Crippen molar-refractivity contribution in [1.29, 1.82) is 0 Å². The molecule has 3 unspecified atom stereocenters. The molecule has 2 saturated carbocycles. The maximum Gasteiger partial charge on any atom is 0.239 e. The van der Waals surface area contributed by atoms with Gasteiger partial charge < -0.3 is 10.6 Å². The lowest BCUT2D eigenvalue weighted by Gasteiger charge is -2.27. The van der Waals surface area contributed by atoms with E-state index in [-0.39, 0.29) is 5.91 Å². The highest BCUT2D eigenvalue weighted by Crippen LogP contribution is 2.47. The van der Waals surface area contributed by atoms with Gasteiger partial charge in [0.05, 0.1) is 5.54 Å². The minimum Gasteiger partial charge on any atom is -0.354 e. The Kier molecular flexibility index (Phi) is 3.76. The van der Waals surface area contributed by atoms with Gasteiger partial charge in [-0.25, -0.2) is 0 Å². The van der Waals surface area contributed by atoms with E-state index in [1.807, 2.05) is 20.8 Å². The molecule has 0 aliphatic heterocycles. The first-order chi connectivity index (χ1) is 8.03. The molecule has 17 heavy (non-hydrogen) atoms. The molecule has 0 radical (unpaired) electrons. The van der Waals surface area contributed by atoms with Crippen LogP contribution in [0, 0.1) is 17.8 Å². The molecule has 1 amide bonds. The second kappa shape index (κ2) is 4.97.